The van der Waals surface area contributed by atoms with Crippen LogP contribution >= 0.6 is 0 Å². The highest BCUT2D eigenvalue weighted by Gasteiger charge is 2.13. The van der Waals surface area contributed by atoms with Crippen LogP contribution in [-0.4, -0.2) is 17.6 Å². The number of rotatable bonds is 12. The first-order chi connectivity index (χ1) is 8.22. The Morgan fingerprint density at radius 2 is 1.47 bits per heavy atom. The largest absolute Gasteiger partial charge is 0.481 e. The molecule has 0 radical (unpaired) electrons. The van der Waals surface area contributed by atoms with Crippen molar-refractivity contribution in [2.45, 2.75) is 71.1 Å². The van der Waals surface area contributed by atoms with E-state index in [4.69, 9.17) is 10.8 Å². The molecule has 0 aliphatic rings. The average Bonchev–Trinajstić information content (AvgIpc) is 2.31. The molecular formula is C14H29NO2. The van der Waals surface area contributed by atoms with Gasteiger partial charge in [0.1, 0.15) is 0 Å². The first-order valence-electron chi connectivity index (χ1n) is 7.15. The van der Waals surface area contributed by atoms with E-state index in [1.54, 1.807) is 0 Å². The van der Waals surface area contributed by atoms with Gasteiger partial charge in [0.05, 0.1) is 5.92 Å². The predicted octanol–water partition coefficient (Wildman–Crippen LogP) is 3.57. The van der Waals surface area contributed by atoms with Crippen LogP contribution in [0.5, 0.6) is 0 Å². The van der Waals surface area contributed by atoms with E-state index < -0.39 is 5.97 Å². The summed E-state index contributed by atoms with van der Waals surface area (Å²) in [5.74, 6) is -0.756. The summed E-state index contributed by atoms with van der Waals surface area (Å²) in [6, 6.07) is 0. The molecule has 17 heavy (non-hydrogen) atoms. The number of carboxylic acid groups (broad SMARTS) is 1. The number of carboxylic acids is 1. The maximum Gasteiger partial charge on any atom is 0.306 e. The number of carbonyl (C=O) groups is 1. The van der Waals surface area contributed by atoms with Gasteiger partial charge < -0.3 is 10.8 Å². The van der Waals surface area contributed by atoms with Gasteiger partial charge in [0.2, 0.25) is 0 Å². The molecule has 0 amide bonds. The molecule has 0 aliphatic heterocycles. The molecule has 1 unspecified atom stereocenters. The van der Waals surface area contributed by atoms with Crippen LogP contribution in [0.15, 0.2) is 0 Å². The summed E-state index contributed by atoms with van der Waals surface area (Å²) >= 11 is 0. The number of nitrogens with two attached hydrogens (primary N) is 1. The zero-order chi connectivity index (χ0) is 12.9. The van der Waals surface area contributed by atoms with Crippen molar-refractivity contribution in [3.8, 4) is 0 Å². The number of hydrogen-bond acceptors (Lipinski definition) is 2. The maximum absolute atomic E-state index is 10.8. The van der Waals surface area contributed by atoms with Gasteiger partial charge in [-0.15, -0.1) is 0 Å². The van der Waals surface area contributed by atoms with Crippen molar-refractivity contribution >= 4 is 5.97 Å². The van der Waals surface area contributed by atoms with Gasteiger partial charge in [-0.05, 0) is 25.8 Å². The van der Waals surface area contributed by atoms with Crippen molar-refractivity contribution in [2.75, 3.05) is 6.54 Å². The molecule has 3 N–H and O–H groups in total. The normalized spacial score (nSPS) is 12.6. The lowest BCUT2D eigenvalue weighted by molar-refractivity contribution is -0.142. The molecular weight excluding hydrogens is 214 g/mol. The van der Waals surface area contributed by atoms with Crippen molar-refractivity contribution in [2.24, 2.45) is 11.7 Å². The van der Waals surface area contributed by atoms with E-state index in [9.17, 15) is 4.79 Å². The summed E-state index contributed by atoms with van der Waals surface area (Å²) in [6.45, 7) is 2.77. The predicted molar refractivity (Wildman–Crippen MR) is 72.0 cm³/mol. The Kier molecular flexibility index (Phi) is 11.5. The topological polar surface area (TPSA) is 63.3 Å². The van der Waals surface area contributed by atoms with Crippen LogP contribution in [-0.2, 0) is 4.79 Å². The molecule has 1 atom stereocenters. The second-order valence-corrected chi connectivity index (χ2v) is 4.85. The average molecular weight is 243 g/mol. The van der Waals surface area contributed by atoms with Gasteiger partial charge in [-0.25, -0.2) is 0 Å². The van der Waals surface area contributed by atoms with Crippen molar-refractivity contribution < 1.29 is 9.90 Å². The molecule has 3 heteroatoms. The smallest absolute Gasteiger partial charge is 0.306 e. The van der Waals surface area contributed by atoms with E-state index in [2.05, 4.69) is 0 Å². The van der Waals surface area contributed by atoms with E-state index in [-0.39, 0.29) is 5.92 Å². The lowest BCUT2D eigenvalue weighted by atomic mass is 9.98. The van der Waals surface area contributed by atoms with Crippen molar-refractivity contribution in [1.29, 1.82) is 0 Å². The molecule has 0 aromatic carbocycles. The van der Waals surface area contributed by atoms with E-state index in [1.807, 2.05) is 6.92 Å². The van der Waals surface area contributed by atoms with Crippen molar-refractivity contribution in [1.82, 2.24) is 0 Å². The van der Waals surface area contributed by atoms with Gasteiger partial charge in [-0.3, -0.25) is 4.79 Å². The highest BCUT2D eigenvalue weighted by molar-refractivity contribution is 5.69. The third kappa shape index (κ3) is 10.3. The van der Waals surface area contributed by atoms with Crippen LogP contribution in [0.3, 0.4) is 0 Å². The van der Waals surface area contributed by atoms with Gasteiger partial charge in [0, 0.05) is 0 Å². The number of unbranched alkanes of at least 4 members (excludes halogenated alkanes) is 7. The third-order valence-corrected chi connectivity index (χ3v) is 3.35. The molecule has 0 bridgehead atoms. The molecule has 0 aromatic heterocycles. The first-order valence-corrected chi connectivity index (χ1v) is 7.15. The van der Waals surface area contributed by atoms with Gasteiger partial charge in [-0.2, -0.15) is 0 Å². The van der Waals surface area contributed by atoms with Crippen molar-refractivity contribution in [3.63, 3.8) is 0 Å². The van der Waals surface area contributed by atoms with Crippen LogP contribution in [0.1, 0.15) is 71.1 Å². The monoisotopic (exact) mass is 243 g/mol. The summed E-state index contributed by atoms with van der Waals surface area (Å²) in [4.78, 5) is 10.8. The summed E-state index contributed by atoms with van der Waals surface area (Å²) < 4.78 is 0. The fourth-order valence-corrected chi connectivity index (χ4v) is 2.10. The van der Waals surface area contributed by atoms with Crippen LogP contribution in [0.4, 0.5) is 0 Å². The fourth-order valence-electron chi connectivity index (χ4n) is 2.10. The molecule has 102 valence electrons. The Morgan fingerprint density at radius 1 is 1.00 bits per heavy atom. The van der Waals surface area contributed by atoms with E-state index >= 15 is 0 Å². The molecule has 0 saturated carbocycles. The molecule has 0 aliphatic carbocycles. The maximum atomic E-state index is 10.8. The summed E-state index contributed by atoms with van der Waals surface area (Å²) in [5, 5.41) is 8.89. The first kappa shape index (κ1) is 16.4. The van der Waals surface area contributed by atoms with E-state index in [0.717, 1.165) is 32.2 Å². The van der Waals surface area contributed by atoms with Gasteiger partial charge in [0.15, 0.2) is 0 Å². The van der Waals surface area contributed by atoms with Gasteiger partial charge in [0.25, 0.3) is 0 Å². The number of hydrogen-bond donors (Lipinski definition) is 2. The Balaban J connectivity index is 3.20. The van der Waals surface area contributed by atoms with E-state index in [0.29, 0.717) is 0 Å². The molecule has 0 saturated heterocycles. The zero-order valence-corrected chi connectivity index (χ0v) is 11.3. The van der Waals surface area contributed by atoms with Gasteiger partial charge >= 0.3 is 5.97 Å². The summed E-state index contributed by atoms with van der Waals surface area (Å²) in [7, 11) is 0. The molecule has 0 heterocycles. The second kappa shape index (κ2) is 11.9. The Labute approximate surface area is 106 Å². The molecule has 0 rings (SSSR count). The number of aliphatic carboxylic acids is 1. The Bertz CT molecular complexity index is 183. The second-order valence-electron chi connectivity index (χ2n) is 4.85. The molecule has 0 aromatic rings. The highest BCUT2D eigenvalue weighted by Crippen LogP contribution is 2.15. The minimum atomic E-state index is -0.630. The highest BCUT2D eigenvalue weighted by atomic mass is 16.4. The lowest BCUT2D eigenvalue weighted by Crippen LogP contribution is -2.12. The van der Waals surface area contributed by atoms with Crippen LogP contribution < -0.4 is 5.73 Å². The Morgan fingerprint density at radius 3 is 1.88 bits per heavy atom. The molecule has 0 spiro atoms. The third-order valence-electron chi connectivity index (χ3n) is 3.35. The summed E-state index contributed by atoms with van der Waals surface area (Å²) in [5.41, 5.74) is 5.43. The lowest BCUT2D eigenvalue weighted by Gasteiger charge is -2.08. The minimum Gasteiger partial charge on any atom is -0.481 e. The quantitative estimate of drug-likeness (QED) is 0.515. The van der Waals surface area contributed by atoms with Crippen molar-refractivity contribution in [3.05, 3.63) is 0 Å². The Hall–Kier alpha value is -0.570. The van der Waals surface area contributed by atoms with Crippen LogP contribution in [0, 0.1) is 5.92 Å². The van der Waals surface area contributed by atoms with Crippen LogP contribution in [0.25, 0.3) is 0 Å². The SMILES string of the molecule is CCC(CCCCCCCCCCN)C(=O)O. The van der Waals surface area contributed by atoms with Gasteiger partial charge in [-0.1, -0.05) is 51.9 Å². The zero-order valence-electron chi connectivity index (χ0n) is 11.3. The standard InChI is InChI=1S/C14H29NO2/c1-2-13(14(16)17)11-9-7-5-3-4-6-8-10-12-15/h13H,2-12,15H2,1H3,(H,16,17). The minimum absolute atomic E-state index is 0.125. The van der Waals surface area contributed by atoms with Crippen LogP contribution in [0.2, 0.25) is 0 Å². The fraction of sp³-hybridized carbons (Fsp3) is 0.929. The molecule has 0 fully saturated rings. The molecule has 3 nitrogen and oxygen atoms in total. The summed E-state index contributed by atoms with van der Waals surface area (Å²) in [6.07, 6.45) is 11.4. The van der Waals surface area contributed by atoms with E-state index in [1.165, 1.54) is 38.5 Å².